The van der Waals surface area contributed by atoms with Crippen molar-refractivity contribution < 1.29 is 27.1 Å². The van der Waals surface area contributed by atoms with E-state index in [0.717, 1.165) is 17.1 Å². The highest BCUT2D eigenvalue weighted by Gasteiger charge is 2.33. The van der Waals surface area contributed by atoms with Gasteiger partial charge in [0.05, 0.1) is 17.2 Å². The molecule has 3 rings (SSSR count). The van der Waals surface area contributed by atoms with Gasteiger partial charge in [0.15, 0.2) is 0 Å². The number of amides is 2. The summed E-state index contributed by atoms with van der Waals surface area (Å²) in [5.41, 5.74) is 0.790. The Morgan fingerprint density at radius 1 is 0.950 bits per heavy atom. The molecule has 40 heavy (non-hydrogen) atoms. The number of nitrogens with zero attached hydrogens (tertiary/aromatic N) is 2. The molecular weight excluding hydrogens is 533 g/mol. The first-order valence-electron chi connectivity index (χ1n) is 13.3. The minimum Gasteiger partial charge on any atom is -0.492 e. The fourth-order valence-corrected chi connectivity index (χ4v) is 5.52. The SMILES string of the molecule is CCCCNC(=O)[C@@H](C)N(Cc1ccc(F)cc1)C(=O)CN(c1ccccc1OCC)S(=O)(=O)c1ccccc1. The normalized spacial score (nSPS) is 11.9. The molecule has 0 saturated heterocycles. The summed E-state index contributed by atoms with van der Waals surface area (Å²) in [5, 5.41) is 2.84. The fourth-order valence-electron chi connectivity index (χ4n) is 4.08. The zero-order valence-corrected chi connectivity index (χ0v) is 23.9. The van der Waals surface area contributed by atoms with Crippen molar-refractivity contribution in [1.29, 1.82) is 0 Å². The zero-order valence-electron chi connectivity index (χ0n) is 23.0. The van der Waals surface area contributed by atoms with E-state index in [0.29, 0.717) is 17.9 Å². The maximum Gasteiger partial charge on any atom is 0.264 e. The summed E-state index contributed by atoms with van der Waals surface area (Å²) < 4.78 is 48.1. The van der Waals surface area contributed by atoms with Crippen LogP contribution < -0.4 is 14.4 Å². The van der Waals surface area contributed by atoms with Crippen molar-refractivity contribution in [2.75, 3.05) is 24.0 Å². The number of benzene rings is 3. The van der Waals surface area contributed by atoms with Gasteiger partial charge in [0.2, 0.25) is 11.8 Å². The summed E-state index contributed by atoms with van der Waals surface area (Å²) in [6, 6.07) is 19.1. The topological polar surface area (TPSA) is 96.0 Å². The number of sulfonamides is 1. The van der Waals surface area contributed by atoms with Gasteiger partial charge in [0.1, 0.15) is 24.2 Å². The van der Waals surface area contributed by atoms with Crippen LogP contribution in [0.3, 0.4) is 0 Å². The van der Waals surface area contributed by atoms with E-state index < -0.39 is 34.3 Å². The van der Waals surface area contributed by atoms with Crippen molar-refractivity contribution in [3.05, 3.63) is 90.2 Å². The number of hydrogen-bond donors (Lipinski definition) is 1. The van der Waals surface area contributed by atoms with Crippen LogP contribution in [-0.4, -0.2) is 50.9 Å². The molecule has 0 aromatic heterocycles. The molecule has 3 aromatic carbocycles. The van der Waals surface area contributed by atoms with E-state index in [9.17, 15) is 22.4 Å². The minimum atomic E-state index is -4.21. The van der Waals surface area contributed by atoms with Crippen molar-refractivity contribution in [3.8, 4) is 5.75 Å². The van der Waals surface area contributed by atoms with Crippen LogP contribution >= 0.6 is 0 Å². The van der Waals surface area contributed by atoms with Gasteiger partial charge in [-0.2, -0.15) is 0 Å². The van der Waals surface area contributed by atoms with E-state index in [1.165, 1.54) is 41.3 Å². The number of rotatable bonds is 14. The highest BCUT2D eigenvalue weighted by atomic mass is 32.2. The molecule has 1 N–H and O–H groups in total. The maximum absolute atomic E-state index is 13.9. The monoisotopic (exact) mass is 569 g/mol. The quantitative estimate of drug-likeness (QED) is 0.283. The van der Waals surface area contributed by atoms with Crippen LogP contribution in [0.25, 0.3) is 0 Å². The lowest BCUT2D eigenvalue weighted by Gasteiger charge is -2.32. The average Bonchev–Trinajstić information content (AvgIpc) is 2.96. The number of hydrogen-bond acceptors (Lipinski definition) is 5. The number of para-hydroxylation sites is 2. The van der Waals surface area contributed by atoms with E-state index in [1.54, 1.807) is 56.3 Å². The molecule has 0 aliphatic carbocycles. The lowest BCUT2D eigenvalue weighted by Crippen LogP contribution is -2.51. The maximum atomic E-state index is 13.9. The molecule has 0 aliphatic heterocycles. The number of halogens is 1. The van der Waals surface area contributed by atoms with E-state index >= 15 is 0 Å². The van der Waals surface area contributed by atoms with Crippen molar-refractivity contribution in [3.63, 3.8) is 0 Å². The number of nitrogens with one attached hydrogen (secondary N) is 1. The van der Waals surface area contributed by atoms with Crippen LogP contribution in [0.4, 0.5) is 10.1 Å². The van der Waals surface area contributed by atoms with Gasteiger partial charge in [-0.25, -0.2) is 12.8 Å². The molecule has 0 aliphatic rings. The Morgan fingerprint density at radius 3 is 2.25 bits per heavy atom. The molecule has 0 radical (unpaired) electrons. The lowest BCUT2D eigenvalue weighted by atomic mass is 10.1. The standard InChI is InChI=1S/C30H36FN3O5S/c1-4-6-20-32-30(36)23(3)33(21-24-16-18-25(31)19-17-24)29(35)22-34(27-14-10-11-15-28(27)39-5-2)40(37,38)26-12-8-7-9-13-26/h7-19,23H,4-6,20-22H2,1-3H3,(H,32,36)/t23-/m1/s1. The van der Waals surface area contributed by atoms with Crippen molar-refractivity contribution >= 4 is 27.5 Å². The van der Waals surface area contributed by atoms with Crippen LogP contribution in [0.2, 0.25) is 0 Å². The summed E-state index contributed by atoms with van der Waals surface area (Å²) in [5.74, 6) is -1.10. The van der Waals surface area contributed by atoms with E-state index in [2.05, 4.69) is 5.32 Å². The second-order valence-electron chi connectivity index (χ2n) is 9.19. The number of unbranched alkanes of at least 4 members (excludes halogenated alkanes) is 1. The highest BCUT2D eigenvalue weighted by Crippen LogP contribution is 2.32. The molecule has 2 amide bonds. The molecule has 214 valence electrons. The van der Waals surface area contributed by atoms with Gasteiger partial charge in [-0.3, -0.25) is 13.9 Å². The van der Waals surface area contributed by atoms with E-state index in [-0.39, 0.29) is 29.6 Å². The largest absolute Gasteiger partial charge is 0.492 e. The fraction of sp³-hybridized carbons (Fsp3) is 0.333. The predicted molar refractivity (Wildman–Crippen MR) is 153 cm³/mol. The second-order valence-corrected chi connectivity index (χ2v) is 11.1. The van der Waals surface area contributed by atoms with Crippen LogP contribution in [-0.2, 0) is 26.2 Å². The smallest absolute Gasteiger partial charge is 0.264 e. The Labute approximate surface area is 235 Å². The number of anilines is 1. The van der Waals surface area contributed by atoms with E-state index in [1.807, 2.05) is 6.92 Å². The summed E-state index contributed by atoms with van der Waals surface area (Å²) >= 11 is 0. The first-order chi connectivity index (χ1) is 19.2. The number of carbonyl (C=O) groups is 2. The molecule has 0 unspecified atom stereocenters. The molecule has 1 atom stereocenters. The molecular formula is C30H36FN3O5S. The molecule has 0 fully saturated rings. The van der Waals surface area contributed by atoms with Gasteiger partial charge in [-0.1, -0.05) is 55.8 Å². The zero-order chi connectivity index (χ0) is 29.1. The van der Waals surface area contributed by atoms with Gasteiger partial charge in [0.25, 0.3) is 10.0 Å². The molecule has 0 heterocycles. The Balaban J connectivity index is 2.03. The molecule has 0 bridgehead atoms. The van der Waals surface area contributed by atoms with Gasteiger partial charge in [-0.15, -0.1) is 0 Å². The first kappa shape index (κ1) is 30.6. The van der Waals surface area contributed by atoms with Gasteiger partial charge >= 0.3 is 0 Å². The van der Waals surface area contributed by atoms with Crippen molar-refractivity contribution in [2.45, 2.75) is 51.1 Å². The molecule has 0 spiro atoms. The predicted octanol–water partition coefficient (Wildman–Crippen LogP) is 4.75. The summed E-state index contributed by atoms with van der Waals surface area (Å²) in [6.45, 7) is 5.50. The highest BCUT2D eigenvalue weighted by molar-refractivity contribution is 7.92. The Hall–Kier alpha value is -3.92. The lowest BCUT2D eigenvalue weighted by molar-refractivity contribution is -0.139. The molecule has 3 aromatic rings. The third-order valence-electron chi connectivity index (χ3n) is 6.31. The third kappa shape index (κ3) is 7.81. The average molecular weight is 570 g/mol. The first-order valence-corrected chi connectivity index (χ1v) is 14.7. The van der Waals surface area contributed by atoms with E-state index in [4.69, 9.17) is 4.74 Å². The molecule has 8 nitrogen and oxygen atoms in total. The summed E-state index contributed by atoms with van der Waals surface area (Å²) in [4.78, 5) is 28.3. The molecule has 10 heteroatoms. The number of ether oxygens (including phenoxy) is 1. The van der Waals surface area contributed by atoms with Crippen molar-refractivity contribution in [1.82, 2.24) is 10.2 Å². The van der Waals surface area contributed by atoms with Gasteiger partial charge in [-0.05, 0) is 62.2 Å². The van der Waals surface area contributed by atoms with Crippen LogP contribution in [0.5, 0.6) is 5.75 Å². The van der Waals surface area contributed by atoms with Crippen LogP contribution in [0.1, 0.15) is 39.2 Å². The Morgan fingerprint density at radius 2 is 1.60 bits per heavy atom. The summed E-state index contributed by atoms with van der Waals surface area (Å²) in [6.07, 6.45) is 1.67. The van der Waals surface area contributed by atoms with Crippen LogP contribution in [0.15, 0.2) is 83.8 Å². The van der Waals surface area contributed by atoms with Crippen LogP contribution in [0, 0.1) is 5.82 Å². The number of carbonyl (C=O) groups excluding carboxylic acids is 2. The Kier molecular flexibility index (Phi) is 11.1. The van der Waals surface area contributed by atoms with Crippen molar-refractivity contribution in [2.24, 2.45) is 0 Å². The van der Waals surface area contributed by atoms with Gasteiger partial charge < -0.3 is 15.0 Å². The third-order valence-corrected chi connectivity index (χ3v) is 8.08. The van der Waals surface area contributed by atoms with Gasteiger partial charge in [0, 0.05) is 13.1 Å². The second kappa shape index (κ2) is 14.5. The minimum absolute atomic E-state index is 0.00421. The Bertz CT molecular complexity index is 1370. The summed E-state index contributed by atoms with van der Waals surface area (Å²) in [7, 11) is -4.21. The molecule has 0 saturated carbocycles.